The van der Waals surface area contributed by atoms with Gasteiger partial charge in [-0.15, -0.1) is 0 Å². The average molecular weight is 356 g/mol. The molecule has 0 N–H and O–H groups in total. The number of epoxide rings is 1. The van der Waals surface area contributed by atoms with Gasteiger partial charge in [-0.05, 0) is 0 Å². The lowest BCUT2D eigenvalue weighted by atomic mass is 9.80. The highest BCUT2D eigenvalue weighted by atomic mass is 16.7. The molecule has 25 heavy (non-hydrogen) atoms. The SMILES string of the molecule is CC(=O)OC[C@]12O[C@H]1[C@H](OC(C)=O)[C@@H]1[C@H](OC(C)=O)[C@H]3CO[C@H](O3)[C@@H]12. The maximum absolute atomic E-state index is 11.6. The van der Waals surface area contributed by atoms with E-state index in [4.69, 9.17) is 28.4 Å². The second-order valence-electron chi connectivity index (χ2n) is 6.90. The lowest BCUT2D eigenvalue weighted by Crippen LogP contribution is -2.55. The van der Waals surface area contributed by atoms with Gasteiger partial charge in [0.25, 0.3) is 0 Å². The minimum Gasteiger partial charge on any atom is -0.463 e. The fraction of sp³-hybridized carbons (Fsp3) is 0.812. The van der Waals surface area contributed by atoms with Crippen LogP contribution >= 0.6 is 0 Å². The first kappa shape index (κ1) is 16.7. The maximum atomic E-state index is 11.6. The van der Waals surface area contributed by atoms with E-state index in [0.29, 0.717) is 0 Å². The van der Waals surface area contributed by atoms with Gasteiger partial charge in [0.15, 0.2) is 6.29 Å². The molecule has 0 amide bonds. The predicted molar refractivity (Wildman–Crippen MR) is 76.9 cm³/mol. The fourth-order valence-corrected chi connectivity index (χ4v) is 4.50. The Morgan fingerprint density at radius 2 is 1.72 bits per heavy atom. The standard InChI is InChI=1S/C16H20O9/c1-6(17)21-5-16-11-10(13(14(16)25-16)23-8(3)19)12(22-7(2)18)9-4-20-15(11)24-9/h9-15H,4-5H2,1-3H3/t9-,10+,11-,12-,13-,14+,15-,16-/m1/s1. The van der Waals surface area contributed by atoms with Crippen LogP contribution in [-0.4, -0.2) is 67.4 Å². The van der Waals surface area contributed by atoms with Crippen molar-refractivity contribution < 1.29 is 42.8 Å². The number of fused-ring (bicyclic) bond motifs is 6. The Balaban J connectivity index is 1.67. The van der Waals surface area contributed by atoms with E-state index in [-0.39, 0.29) is 25.0 Å². The van der Waals surface area contributed by atoms with Gasteiger partial charge in [0.05, 0.1) is 12.5 Å². The molecule has 0 unspecified atom stereocenters. The van der Waals surface area contributed by atoms with E-state index in [9.17, 15) is 14.4 Å². The Bertz CT molecular complexity index is 619. The molecule has 1 saturated carbocycles. The minimum atomic E-state index is -0.852. The van der Waals surface area contributed by atoms with Crippen molar-refractivity contribution in [1.82, 2.24) is 0 Å². The molecule has 8 atom stereocenters. The monoisotopic (exact) mass is 356 g/mol. The highest BCUT2D eigenvalue weighted by molar-refractivity contribution is 5.67. The van der Waals surface area contributed by atoms with Crippen molar-refractivity contribution in [2.45, 2.75) is 57.1 Å². The summed E-state index contributed by atoms with van der Waals surface area (Å²) in [4.78, 5) is 34.4. The molecule has 4 aliphatic rings. The summed E-state index contributed by atoms with van der Waals surface area (Å²) in [5.74, 6) is -2.05. The number of hydrogen-bond donors (Lipinski definition) is 0. The zero-order valence-corrected chi connectivity index (χ0v) is 14.1. The maximum Gasteiger partial charge on any atom is 0.303 e. The van der Waals surface area contributed by atoms with Gasteiger partial charge in [-0.25, -0.2) is 0 Å². The Hall–Kier alpha value is -1.71. The summed E-state index contributed by atoms with van der Waals surface area (Å²) in [6.07, 6.45) is -2.68. The molecular formula is C16H20O9. The number of rotatable bonds is 4. The number of esters is 3. The highest BCUT2D eigenvalue weighted by Gasteiger charge is 2.81. The van der Waals surface area contributed by atoms with Crippen LogP contribution in [0.4, 0.5) is 0 Å². The summed E-state index contributed by atoms with van der Waals surface area (Å²) >= 11 is 0. The Morgan fingerprint density at radius 3 is 2.36 bits per heavy atom. The Kier molecular flexibility index (Phi) is 3.78. The quantitative estimate of drug-likeness (QED) is 0.376. The molecule has 9 nitrogen and oxygen atoms in total. The van der Waals surface area contributed by atoms with Crippen molar-refractivity contribution >= 4 is 17.9 Å². The summed E-state index contributed by atoms with van der Waals surface area (Å²) in [6.45, 7) is 4.22. The second kappa shape index (κ2) is 5.65. The number of carbonyl (C=O) groups excluding carboxylic acids is 3. The number of ether oxygens (including phenoxy) is 6. The Labute approximate surface area is 143 Å². The molecule has 3 saturated heterocycles. The first-order valence-corrected chi connectivity index (χ1v) is 8.26. The molecule has 0 aromatic carbocycles. The van der Waals surface area contributed by atoms with Crippen LogP contribution in [0.5, 0.6) is 0 Å². The molecule has 2 bridgehead atoms. The first-order valence-electron chi connectivity index (χ1n) is 8.26. The van der Waals surface area contributed by atoms with Gasteiger partial charge in [-0.2, -0.15) is 0 Å². The molecule has 3 aliphatic heterocycles. The molecular weight excluding hydrogens is 336 g/mol. The van der Waals surface area contributed by atoms with Gasteiger partial charge in [0.1, 0.15) is 36.6 Å². The zero-order chi connectivity index (χ0) is 17.9. The predicted octanol–water partition coefficient (Wildman–Crippen LogP) is -0.448. The summed E-state index contributed by atoms with van der Waals surface area (Å²) in [7, 11) is 0. The van der Waals surface area contributed by atoms with Gasteiger partial charge >= 0.3 is 17.9 Å². The van der Waals surface area contributed by atoms with Crippen LogP contribution in [0.25, 0.3) is 0 Å². The van der Waals surface area contributed by atoms with Crippen molar-refractivity contribution in [3.05, 3.63) is 0 Å². The van der Waals surface area contributed by atoms with Crippen molar-refractivity contribution in [2.24, 2.45) is 11.8 Å². The van der Waals surface area contributed by atoms with Crippen LogP contribution in [0.3, 0.4) is 0 Å². The topological polar surface area (TPSA) is 110 Å². The molecule has 9 heteroatoms. The first-order chi connectivity index (χ1) is 11.8. The fourth-order valence-electron chi connectivity index (χ4n) is 4.50. The van der Waals surface area contributed by atoms with Crippen LogP contribution < -0.4 is 0 Å². The molecule has 0 aromatic rings. The largest absolute Gasteiger partial charge is 0.463 e. The molecule has 0 spiro atoms. The smallest absolute Gasteiger partial charge is 0.303 e. The Morgan fingerprint density at radius 1 is 1.04 bits per heavy atom. The van der Waals surface area contributed by atoms with Crippen molar-refractivity contribution in [3.63, 3.8) is 0 Å². The van der Waals surface area contributed by atoms with Crippen LogP contribution in [0, 0.1) is 11.8 Å². The highest BCUT2D eigenvalue weighted by Crippen LogP contribution is 2.63. The number of carbonyl (C=O) groups is 3. The zero-order valence-electron chi connectivity index (χ0n) is 14.1. The van der Waals surface area contributed by atoms with Crippen molar-refractivity contribution in [1.29, 1.82) is 0 Å². The lowest BCUT2D eigenvalue weighted by molar-refractivity contribution is -0.227. The average Bonchev–Trinajstić information content (AvgIpc) is 2.98. The summed E-state index contributed by atoms with van der Waals surface area (Å²) < 4.78 is 33.5. The summed E-state index contributed by atoms with van der Waals surface area (Å²) in [6, 6.07) is 0. The van der Waals surface area contributed by atoms with E-state index in [1.807, 2.05) is 0 Å². The van der Waals surface area contributed by atoms with E-state index < -0.39 is 54.2 Å². The van der Waals surface area contributed by atoms with E-state index in [1.54, 1.807) is 0 Å². The van der Waals surface area contributed by atoms with Crippen molar-refractivity contribution in [2.75, 3.05) is 13.2 Å². The molecule has 4 rings (SSSR count). The van der Waals surface area contributed by atoms with Crippen LogP contribution in [0.1, 0.15) is 20.8 Å². The van der Waals surface area contributed by atoms with E-state index in [0.717, 1.165) is 0 Å². The molecule has 0 aromatic heterocycles. The molecule has 1 aliphatic carbocycles. The third-order valence-corrected chi connectivity index (χ3v) is 5.31. The van der Waals surface area contributed by atoms with E-state index in [2.05, 4.69) is 0 Å². The van der Waals surface area contributed by atoms with Gasteiger partial charge < -0.3 is 28.4 Å². The number of hydrogen-bond acceptors (Lipinski definition) is 9. The van der Waals surface area contributed by atoms with Crippen LogP contribution in [0.15, 0.2) is 0 Å². The van der Waals surface area contributed by atoms with E-state index >= 15 is 0 Å². The van der Waals surface area contributed by atoms with Gasteiger partial charge in [-0.3, -0.25) is 14.4 Å². The summed E-state index contributed by atoms with van der Waals surface area (Å²) in [5.41, 5.74) is -0.852. The van der Waals surface area contributed by atoms with Gasteiger partial charge in [0.2, 0.25) is 0 Å². The molecule has 138 valence electrons. The third kappa shape index (κ3) is 2.52. The normalized spacial score (nSPS) is 46.0. The molecule has 4 fully saturated rings. The van der Waals surface area contributed by atoms with Crippen molar-refractivity contribution in [3.8, 4) is 0 Å². The molecule has 0 radical (unpaired) electrons. The minimum absolute atomic E-state index is 0.00656. The van der Waals surface area contributed by atoms with E-state index in [1.165, 1.54) is 20.8 Å². The molecule has 3 heterocycles. The van der Waals surface area contributed by atoms with Gasteiger partial charge in [-0.1, -0.05) is 0 Å². The summed E-state index contributed by atoms with van der Waals surface area (Å²) in [5, 5.41) is 0. The van der Waals surface area contributed by atoms with Gasteiger partial charge in [0, 0.05) is 26.7 Å². The third-order valence-electron chi connectivity index (χ3n) is 5.31. The van der Waals surface area contributed by atoms with Crippen LogP contribution in [-0.2, 0) is 42.8 Å². The van der Waals surface area contributed by atoms with Crippen LogP contribution in [0.2, 0.25) is 0 Å². The second-order valence-corrected chi connectivity index (χ2v) is 6.90. The lowest BCUT2D eigenvalue weighted by Gasteiger charge is -2.41.